The number of benzene rings is 2. The number of halogens is 2. The molecule has 0 fully saturated rings. The van der Waals surface area contributed by atoms with E-state index in [1.54, 1.807) is 18.2 Å². The Balaban J connectivity index is 1.81. The summed E-state index contributed by atoms with van der Waals surface area (Å²) >= 11 is 13.3. The van der Waals surface area contributed by atoms with Crippen molar-refractivity contribution in [2.45, 2.75) is 6.92 Å². The highest BCUT2D eigenvalue weighted by atomic mass is 35.5. The van der Waals surface area contributed by atoms with Gasteiger partial charge in [0.25, 0.3) is 5.91 Å². The van der Waals surface area contributed by atoms with E-state index in [0.717, 1.165) is 10.2 Å². The third-order valence-electron chi connectivity index (χ3n) is 3.43. The second kappa shape index (κ2) is 6.97. The zero-order valence-corrected chi connectivity index (χ0v) is 15.4. The molecule has 0 N–H and O–H groups in total. The first-order valence-electron chi connectivity index (χ1n) is 7.15. The molecular formula is C17H14Cl2N2O2S. The average molecular weight is 381 g/mol. The Hall–Kier alpha value is -1.82. The zero-order valence-electron chi connectivity index (χ0n) is 13.0. The molecule has 0 aliphatic carbocycles. The summed E-state index contributed by atoms with van der Waals surface area (Å²) in [5.74, 6) is 0.0286. The Morgan fingerprint density at radius 1 is 1.25 bits per heavy atom. The lowest BCUT2D eigenvalue weighted by atomic mass is 10.2. The zero-order chi connectivity index (χ0) is 17.3. The Labute approximate surface area is 152 Å². The molecule has 0 atom stereocenters. The van der Waals surface area contributed by atoms with E-state index in [4.69, 9.17) is 27.9 Å². The molecule has 0 aliphatic rings. The van der Waals surface area contributed by atoms with Crippen LogP contribution >= 0.6 is 34.5 Å². The molecule has 1 aromatic heterocycles. The van der Waals surface area contributed by atoms with Crippen LogP contribution in [0.1, 0.15) is 5.56 Å². The third-order valence-corrected chi connectivity index (χ3v) is 5.06. The molecule has 0 saturated carbocycles. The van der Waals surface area contributed by atoms with Crippen molar-refractivity contribution in [3.63, 3.8) is 0 Å². The molecule has 0 unspecified atom stereocenters. The number of fused-ring (bicyclic) bond motifs is 1. The van der Waals surface area contributed by atoms with Gasteiger partial charge in [0.05, 0.1) is 15.2 Å². The molecule has 0 aliphatic heterocycles. The molecule has 0 bridgehead atoms. The van der Waals surface area contributed by atoms with Gasteiger partial charge in [0.1, 0.15) is 5.75 Å². The fourth-order valence-corrected chi connectivity index (χ4v) is 3.82. The number of ether oxygens (including phenoxy) is 1. The topological polar surface area (TPSA) is 43.6 Å². The van der Waals surface area contributed by atoms with Crippen LogP contribution in [0.2, 0.25) is 10.0 Å². The third kappa shape index (κ3) is 3.64. The number of thiazole rings is 1. The van der Waals surface area contributed by atoms with Crippen molar-refractivity contribution in [1.82, 2.24) is 4.57 Å². The minimum Gasteiger partial charge on any atom is -0.482 e. The Morgan fingerprint density at radius 3 is 2.79 bits per heavy atom. The summed E-state index contributed by atoms with van der Waals surface area (Å²) in [6.07, 6.45) is 0. The molecule has 0 spiro atoms. The monoisotopic (exact) mass is 380 g/mol. The number of hydrogen-bond acceptors (Lipinski definition) is 3. The summed E-state index contributed by atoms with van der Waals surface area (Å²) in [5.41, 5.74) is 2.21. The maximum atomic E-state index is 12.1. The first-order valence-corrected chi connectivity index (χ1v) is 8.73. The van der Waals surface area contributed by atoms with Gasteiger partial charge in [-0.3, -0.25) is 4.79 Å². The van der Waals surface area contributed by atoms with Crippen LogP contribution in [0.5, 0.6) is 5.75 Å². The highest BCUT2D eigenvalue weighted by Crippen LogP contribution is 2.27. The number of hydrogen-bond donors (Lipinski definition) is 0. The van der Waals surface area contributed by atoms with Crippen molar-refractivity contribution in [1.29, 1.82) is 0 Å². The summed E-state index contributed by atoms with van der Waals surface area (Å²) in [5, 5.41) is 0.870. The number of rotatable bonds is 3. The molecule has 1 heterocycles. The lowest BCUT2D eigenvalue weighted by Crippen LogP contribution is -2.17. The van der Waals surface area contributed by atoms with E-state index in [0.29, 0.717) is 20.6 Å². The Morgan fingerprint density at radius 2 is 2.04 bits per heavy atom. The van der Waals surface area contributed by atoms with Crippen molar-refractivity contribution in [2.75, 3.05) is 6.61 Å². The van der Waals surface area contributed by atoms with Crippen LogP contribution in [0.3, 0.4) is 0 Å². The molecule has 0 saturated heterocycles. The number of aryl methyl sites for hydroxylation is 2. The van der Waals surface area contributed by atoms with Crippen molar-refractivity contribution in [2.24, 2.45) is 12.0 Å². The Kier molecular flexibility index (Phi) is 4.94. The van der Waals surface area contributed by atoms with Gasteiger partial charge < -0.3 is 9.30 Å². The lowest BCUT2D eigenvalue weighted by molar-refractivity contribution is -0.120. The molecule has 3 rings (SSSR count). The van der Waals surface area contributed by atoms with Gasteiger partial charge in [0.2, 0.25) is 0 Å². The van der Waals surface area contributed by atoms with Gasteiger partial charge in [-0.2, -0.15) is 4.99 Å². The van der Waals surface area contributed by atoms with Crippen LogP contribution in [-0.4, -0.2) is 17.1 Å². The van der Waals surface area contributed by atoms with E-state index in [1.165, 1.54) is 16.9 Å². The largest absolute Gasteiger partial charge is 0.482 e. The summed E-state index contributed by atoms with van der Waals surface area (Å²) in [4.78, 5) is 16.9. The van der Waals surface area contributed by atoms with E-state index in [1.807, 2.05) is 30.7 Å². The molecule has 24 heavy (non-hydrogen) atoms. The van der Waals surface area contributed by atoms with E-state index in [2.05, 4.69) is 11.1 Å². The van der Waals surface area contributed by atoms with E-state index >= 15 is 0 Å². The normalized spacial score (nSPS) is 11.9. The molecule has 2 aromatic carbocycles. The van der Waals surface area contributed by atoms with E-state index in [9.17, 15) is 4.79 Å². The highest BCUT2D eigenvalue weighted by Gasteiger charge is 2.08. The number of carbonyl (C=O) groups is 1. The second-order valence-electron chi connectivity index (χ2n) is 5.28. The quantitative estimate of drug-likeness (QED) is 0.677. The van der Waals surface area contributed by atoms with E-state index in [-0.39, 0.29) is 12.5 Å². The summed E-state index contributed by atoms with van der Waals surface area (Å²) in [7, 11) is 1.89. The molecular weight excluding hydrogens is 367 g/mol. The number of nitrogens with zero attached hydrogens (tertiary/aromatic N) is 2. The highest BCUT2D eigenvalue weighted by molar-refractivity contribution is 7.16. The second-order valence-corrected chi connectivity index (χ2v) is 7.14. The van der Waals surface area contributed by atoms with Crippen LogP contribution in [0, 0.1) is 6.92 Å². The average Bonchev–Trinajstić information content (AvgIpc) is 2.82. The van der Waals surface area contributed by atoms with Gasteiger partial charge >= 0.3 is 0 Å². The summed E-state index contributed by atoms with van der Waals surface area (Å²) in [6.45, 7) is 1.85. The predicted octanol–water partition coefficient (Wildman–Crippen LogP) is 4.36. The first kappa shape index (κ1) is 17.0. The molecule has 4 nitrogen and oxygen atoms in total. The minimum absolute atomic E-state index is 0.186. The van der Waals surface area contributed by atoms with Gasteiger partial charge in [-0.05, 0) is 42.8 Å². The first-order chi connectivity index (χ1) is 11.4. The van der Waals surface area contributed by atoms with Crippen LogP contribution in [0.15, 0.2) is 41.4 Å². The molecule has 7 heteroatoms. The van der Waals surface area contributed by atoms with Crippen LogP contribution in [-0.2, 0) is 11.8 Å². The summed E-state index contributed by atoms with van der Waals surface area (Å²) < 4.78 is 8.40. The smallest absolute Gasteiger partial charge is 0.286 e. The molecule has 124 valence electrons. The SMILES string of the molecule is Cc1ccc2c(c1)sc(=NC(=O)COc1ccc(Cl)cc1Cl)n2C. The van der Waals surface area contributed by atoms with Gasteiger partial charge in [-0.15, -0.1) is 0 Å². The fraction of sp³-hybridized carbons (Fsp3) is 0.176. The maximum absolute atomic E-state index is 12.1. The van der Waals surface area contributed by atoms with Crippen LogP contribution in [0.4, 0.5) is 0 Å². The van der Waals surface area contributed by atoms with Crippen molar-refractivity contribution >= 4 is 50.7 Å². The maximum Gasteiger partial charge on any atom is 0.286 e. The summed E-state index contributed by atoms with van der Waals surface area (Å²) in [6, 6.07) is 11.0. The van der Waals surface area contributed by atoms with Gasteiger partial charge in [-0.25, -0.2) is 0 Å². The van der Waals surface area contributed by atoms with Crippen molar-refractivity contribution in [3.05, 3.63) is 56.8 Å². The molecule has 1 amide bonds. The van der Waals surface area contributed by atoms with Gasteiger partial charge in [0.15, 0.2) is 11.4 Å². The predicted molar refractivity (Wildman–Crippen MR) is 98.1 cm³/mol. The lowest BCUT2D eigenvalue weighted by Gasteiger charge is -2.05. The van der Waals surface area contributed by atoms with E-state index < -0.39 is 0 Å². The van der Waals surface area contributed by atoms with Crippen LogP contribution < -0.4 is 9.54 Å². The molecule has 0 radical (unpaired) electrons. The van der Waals surface area contributed by atoms with Crippen LogP contribution in [0.25, 0.3) is 10.2 Å². The Bertz CT molecular complexity index is 992. The van der Waals surface area contributed by atoms with Crippen molar-refractivity contribution in [3.8, 4) is 5.75 Å². The van der Waals surface area contributed by atoms with Gasteiger partial charge in [0, 0.05) is 12.1 Å². The fourth-order valence-electron chi connectivity index (χ4n) is 2.22. The number of amides is 1. The van der Waals surface area contributed by atoms with Gasteiger partial charge in [-0.1, -0.05) is 40.6 Å². The number of carbonyl (C=O) groups excluding carboxylic acids is 1. The standard InChI is InChI=1S/C17H14Cl2N2O2S/c1-10-3-5-13-15(7-10)24-17(21(13)2)20-16(22)9-23-14-6-4-11(18)8-12(14)19/h3-8H,9H2,1-2H3. The minimum atomic E-state index is -0.375. The molecule has 3 aromatic rings. The van der Waals surface area contributed by atoms with Crippen molar-refractivity contribution < 1.29 is 9.53 Å². The number of aromatic nitrogens is 1.